The zero-order valence-corrected chi connectivity index (χ0v) is 10.6. The summed E-state index contributed by atoms with van der Waals surface area (Å²) in [6.07, 6.45) is -0.560. The van der Waals surface area contributed by atoms with Gasteiger partial charge >= 0.3 is 0 Å². The summed E-state index contributed by atoms with van der Waals surface area (Å²) in [6, 6.07) is 9.46. The molecule has 0 fully saturated rings. The lowest BCUT2D eigenvalue weighted by Gasteiger charge is -2.27. The minimum absolute atomic E-state index is 0.00358. The smallest absolute Gasteiger partial charge is 0.256 e. The molecule has 0 spiro atoms. The molecule has 0 saturated carbocycles. The molecule has 1 aromatic rings. The van der Waals surface area contributed by atoms with E-state index >= 15 is 0 Å². The number of hydrogen-bond donors (Lipinski definition) is 1. The molecular formula is C13H20N2O2. The van der Waals surface area contributed by atoms with Crippen molar-refractivity contribution in [2.75, 3.05) is 20.7 Å². The SMILES string of the molecule is COC(C(=O)N(C)C(C)CN)c1ccccc1. The minimum Gasteiger partial charge on any atom is -0.367 e. The van der Waals surface area contributed by atoms with Crippen molar-refractivity contribution in [2.45, 2.75) is 19.1 Å². The van der Waals surface area contributed by atoms with Crippen molar-refractivity contribution in [3.05, 3.63) is 35.9 Å². The first-order valence-electron chi connectivity index (χ1n) is 5.66. The number of nitrogens with zero attached hydrogens (tertiary/aromatic N) is 1. The van der Waals surface area contributed by atoms with Crippen molar-refractivity contribution >= 4 is 5.91 Å². The molecule has 1 aromatic carbocycles. The van der Waals surface area contributed by atoms with E-state index in [2.05, 4.69) is 0 Å². The molecule has 4 nitrogen and oxygen atoms in total. The highest BCUT2D eigenvalue weighted by Gasteiger charge is 2.25. The molecule has 2 atom stereocenters. The first kappa shape index (κ1) is 13.7. The van der Waals surface area contributed by atoms with Crippen molar-refractivity contribution in [2.24, 2.45) is 5.73 Å². The number of benzene rings is 1. The van der Waals surface area contributed by atoms with Gasteiger partial charge in [0.05, 0.1) is 0 Å². The Labute approximate surface area is 102 Å². The Morgan fingerprint density at radius 1 is 1.41 bits per heavy atom. The summed E-state index contributed by atoms with van der Waals surface area (Å²) in [7, 11) is 3.28. The van der Waals surface area contributed by atoms with Crippen molar-refractivity contribution in [3.63, 3.8) is 0 Å². The lowest BCUT2D eigenvalue weighted by atomic mass is 10.1. The molecule has 0 aromatic heterocycles. The molecule has 0 aliphatic rings. The maximum atomic E-state index is 12.2. The highest BCUT2D eigenvalue weighted by Crippen LogP contribution is 2.19. The molecule has 0 aliphatic heterocycles. The van der Waals surface area contributed by atoms with Crippen LogP contribution in [-0.4, -0.2) is 37.6 Å². The summed E-state index contributed by atoms with van der Waals surface area (Å²) in [5.74, 6) is -0.0725. The second-order valence-electron chi connectivity index (χ2n) is 4.06. The van der Waals surface area contributed by atoms with E-state index in [1.54, 1.807) is 11.9 Å². The average Bonchev–Trinajstić information content (AvgIpc) is 2.38. The molecule has 17 heavy (non-hydrogen) atoms. The Kier molecular flexibility index (Phi) is 5.12. The number of rotatable bonds is 5. The van der Waals surface area contributed by atoms with E-state index in [1.165, 1.54) is 7.11 Å². The van der Waals surface area contributed by atoms with Crippen LogP contribution in [0.4, 0.5) is 0 Å². The quantitative estimate of drug-likeness (QED) is 0.835. The van der Waals surface area contributed by atoms with Gasteiger partial charge in [-0.25, -0.2) is 0 Å². The molecule has 1 amide bonds. The molecule has 1 rings (SSSR count). The standard InChI is InChI=1S/C13H20N2O2/c1-10(9-14)15(2)13(16)12(17-3)11-7-5-4-6-8-11/h4-8,10,12H,9,14H2,1-3H3. The zero-order chi connectivity index (χ0) is 12.8. The summed E-state index contributed by atoms with van der Waals surface area (Å²) >= 11 is 0. The number of nitrogens with two attached hydrogens (primary N) is 1. The molecule has 94 valence electrons. The Morgan fingerprint density at radius 3 is 2.47 bits per heavy atom. The predicted molar refractivity (Wildman–Crippen MR) is 67.5 cm³/mol. The van der Waals surface area contributed by atoms with Crippen molar-refractivity contribution in [3.8, 4) is 0 Å². The fraction of sp³-hybridized carbons (Fsp3) is 0.462. The van der Waals surface area contributed by atoms with Crippen molar-refractivity contribution in [1.29, 1.82) is 0 Å². The molecule has 0 saturated heterocycles. The average molecular weight is 236 g/mol. The molecule has 4 heteroatoms. The maximum Gasteiger partial charge on any atom is 0.256 e. The molecule has 2 N–H and O–H groups in total. The van der Waals surface area contributed by atoms with E-state index in [9.17, 15) is 4.79 Å². The minimum atomic E-state index is -0.560. The third-order valence-electron chi connectivity index (χ3n) is 2.91. The third kappa shape index (κ3) is 3.28. The zero-order valence-electron chi connectivity index (χ0n) is 10.6. The summed E-state index contributed by atoms with van der Waals surface area (Å²) in [4.78, 5) is 13.8. The number of carbonyl (C=O) groups is 1. The molecule has 0 bridgehead atoms. The van der Waals surface area contributed by atoms with Gasteiger partial charge in [-0.3, -0.25) is 4.79 Å². The van der Waals surface area contributed by atoms with Gasteiger partial charge in [0.1, 0.15) is 0 Å². The lowest BCUT2D eigenvalue weighted by Crippen LogP contribution is -2.42. The van der Waals surface area contributed by atoms with Crippen LogP contribution >= 0.6 is 0 Å². The fourth-order valence-corrected chi connectivity index (χ4v) is 1.57. The Morgan fingerprint density at radius 2 is 2.00 bits per heavy atom. The number of ether oxygens (including phenoxy) is 1. The number of hydrogen-bond acceptors (Lipinski definition) is 3. The van der Waals surface area contributed by atoms with Crippen LogP contribution in [0.25, 0.3) is 0 Å². The second kappa shape index (κ2) is 6.37. The molecule has 0 radical (unpaired) electrons. The Hall–Kier alpha value is -1.39. The van der Waals surface area contributed by atoms with Gasteiger partial charge in [-0.05, 0) is 12.5 Å². The van der Waals surface area contributed by atoms with Crippen LogP contribution in [0.5, 0.6) is 0 Å². The number of amides is 1. The van der Waals surface area contributed by atoms with Gasteiger partial charge in [0.2, 0.25) is 0 Å². The molecule has 0 aliphatic carbocycles. The molecule has 2 unspecified atom stereocenters. The third-order valence-corrected chi connectivity index (χ3v) is 2.91. The summed E-state index contributed by atoms with van der Waals surface area (Å²) in [6.45, 7) is 2.35. The normalized spacial score (nSPS) is 14.1. The second-order valence-corrected chi connectivity index (χ2v) is 4.06. The molecule has 0 heterocycles. The number of carbonyl (C=O) groups excluding carboxylic acids is 1. The summed E-state index contributed by atoms with van der Waals surface area (Å²) in [5, 5.41) is 0. The van der Waals surface area contributed by atoms with Crippen molar-refractivity contribution in [1.82, 2.24) is 4.90 Å². The van der Waals surface area contributed by atoms with Crippen LogP contribution in [0.15, 0.2) is 30.3 Å². The fourth-order valence-electron chi connectivity index (χ4n) is 1.57. The molecular weight excluding hydrogens is 216 g/mol. The largest absolute Gasteiger partial charge is 0.367 e. The van der Waals surface area contributed by atoms with Crippen LogP contribution in [0, 0.1) is 0 Å². The van der Waals surface area contributed by atoms with E-state index in [0.29, 0.717) is 6.54 Å². The van der Waals surface area contributed by atoms with Gasteiger partial charge in [0.25, 0.3) is 5.91 Å². The topological polar surface area (TPSA) is 55.6 Å². The van der Waals surface area contributed by atoms with Crippen LogP contribution in [-0.2, 0) is 9.53 Å². The first-order valence-corrected chi connectivity index (χ1v) is 5.66. The number of methoxy groups -OCH3 is 1. The van der Waals surface area contributed by atoms with E-state index in [-0.39, 0.29) is 11.9 Å². The van der Waals surface area contributed by atoms with E-state index in [0.717, 1.165) is 5.56 Å². The highest BCUT2D eigenvalue weighted by atomic mass is 16.5. The van der Waals surface area contributed by atoms with Crippen LogP contribution in [0.1, 0.15) is 18.6 Å². The number of likely N-dealkylation sites (N-methyl/N-ethyl adjacent to an activating group) is 1. The van der Waals surface area contributed by atoms with Crippen LogP contribution < -0.4 is 5.73 Å². The highest BCUT2D eigenvalue weighted by molar-refractivity contribution is 5.82. The van der Waals surface area contributed by atoms with E-state index < -0.39 is 6.10 Å². The summed E-state index contributed by atoms with van der Waals surface area (Å²) in [5.41, 5.74) is 6.41. The maximum absolute atomic E-state index is 12.2. The Balaban J connectivity index is 2.85. The van der Waals surface area contributed by atoms with E-state index in [1.807, 2.05) is 37.3 Å². The van der Waals surface area contributed by atoms with Gasteiger partial charge in [-0.2, -0.15) is 0 Å². The van der Waals surface area contributed by atoms with Crippen molar-refractivity contribution < 1.29 is 9.53 Å². The monoisotopic (exact) mass is 236 g/mol. The van der Waals surface area contributed by atoms with Crippen LogP contribution in [0.2, 0.25) is 0 Å². The van der Waals surface area contributed by atoms with Gasteiger partial charge in [0.15, 0.2) is 6.10 Å². The van der Waals surface area contributed by atoms with Gasteiger partial charge < -0.3 is 15.4 Å². The Bertz CT molecular complexity index is 354. The van der Waals surface area contributed by atoms with Gasteiger partial charge in [-0.15, -0.1) is 0 Å². The predicted octanol–water partition coefficient (Wildman–Crippen LogP) is 1.18. The summed E-state index contributed by atoms with van der Waals surface area (Å²) < 4.78 is 5.28. The van der Waals surface area contributed by atoms with Crippen LogP contribution in [0.3, 0.4) is 0 Å². The van der Waals surface area contributed by atoms with E-state index in [4.69, 9.17) is 10.5 Å². The van der Waals surface area contributed by atoms with Gasteiger partial charge in [0, 0.05) is 26.7 Å². The first-order chi connectivity index (χ1) is 8.11. The van der Waals surface area contributed by atoms with Gasteiger partial charge in [-0.1, -0.05) is 30.3 Å². The lowest BCUT2D eigenvalue weighted by molar-refractivity contribution is -0.142.